The molecule has 1 amide bonds. The van der Waals surface area contributed by atoms with Crippen LogP contribution in [0.5, 0.6) is 0 Å². The summed E-state index contributed by atoms with van der Waals surface area (Å²) in [6.45, 7) is 7.83. The van der Waals surface area contributed by atoms with Gasteiger partial charge in [-0.15, -0.1) is 11.8 Å². The number of hydrogen-bond donors (Lipinski definition) is 2. The summed E-state index contributed by atoms with van der Waals surface area (Å²) < 4.78 is 0. The van der Waals surface area contributed by atoms with E-state index in [2.05, 4.69) is 0 Å². The van der Waals surface area contributed by atoms with Crippen molar-refractivity contribution in [1.29, 1.82) is 0 Å². The van der Waals surface area contributed by atoms with Crippen LogP contribution in [0, 0.1) is 0 Å². The SMILES string of the molecule is CC.CCC1=C(C(=O)O)N2C(=O)CC2S1.CCO. The first-order valence-corrected chi connectivity index (χ1v) is 7.00. The van der Waals surface area contributed by atoms with Crippen molar-refractivity contribution in [3.63, 3.8) is 0 Å². The molecular formula is C12H21NO4S. The first-order chi connectivity index (χ1) is 8.56. The fourth-order valence-electron chi connectivity index (χ4n) is 1.58. The number of β-lactam (4-membered cyclic amide) rings is 1. The van der Waals surface area contributed by atoms with Crippen molar-refractivity contribution in [3.05, 3.63) is 10.6 Å². The van der Waals surface area contributed by atoms with Crippen LogP contribution < -0.4 is 0 Å². The number of aliphatic hydroxyl groups excluding tert-OH is 1. The first-order valence-electron chi connectivity index (χ1n) is 6.12. The highest BCUT2D eigenvalue weighted by atomic mass is 32.2. The van der Waals surface area contributed by atoms with E-state index >= 15 is 0 Å². The van der Waals surface area contributed by atoms with Gasteiger partial charge >= 0.3 is 5.97 Å². The van der Waals surface area contributed by atoms with E-state index < -0.39 is 5.97 Å². The van der Waals surface area contributed by atoms with E-state index in [1.807, 2.05) is 20.8 Å². The highest BCUT2D eigenvalue weighted by molar-refractivity contribution is 8.04. The molecule has 0 aliphatic carbocycles. The van der Waals surface area contributed by atoms with E-state index in [0.29, 0.717) is 12.8 Å². The highest BCUT2D eigenvalue weighted by Gasteiger charge is 2.47. The van der Waals surface area contributed by atoms with E-state index in [9.17, 15) is 9.59 Å². The summed E-state index contributed by atoms with van der Waals surface area (Å²) in [7, 11) is 0. The normalized spacial score (nSPS) is 20.2. The van der Waals surface area contributed by atoms with Crippen LogP contribution in [0.15, 0.2) is 10.6 Å². The quantitative estimate of drug-likeness (QED) is 0.754. The Morgan fingerprint density at radius 1 is 1.44 bits per heavy atom. The molecule has 0 saturated carbocycles. The van der Waals surface area contributed by atoms with Crippen LogP contribution in [0.3, 0.4) is 0 Å². The fraction of sp³-hybridized carbons (Fsp3) is 0.667. The molecule has 2 N–H and O–H groups in total. The molecule has 2 aliphatic rings. The number of carbonyl (C=O) groups is 2. The standard InChI is InChI=1S/C8H9NO3S.C2H6O.C2H6/c1-2-4-7(8(11)12)9-5(10)3-6(9)13-4;1-2-3;1-2/h6H,2-3H2,1H3,(H,11,12);3H,2H2,1H3;1-2H3. The van der Waals surface area contributed by atoms with Gasteiger partial charge in [-0.3, -0.25) is 9.69 Å². The second-order valence-corrected chi connectivity index (χ2v) is 4.56. The smallest absolute Gasteiger partial charge is 0.353 e. The zero-order valence-corrected chi connectivity index (χ0v) is 12.1. The predicted octanol–water partition coefficient (Wildman–Crippen LogP) is 2.02. The van der Waals surface area contributed by atoms with Crippen LogP contribution in [0.2, 0.25) is 0 Å². The number of carboxylic acid groups (broad SMARTS) is 1. The van der Waals surface area contributed by atoms with Crippen molar-refractivity contribution < 1.29 is 19.8 Å². The number of hydrogen-bond acceptors (Lipinski definition) is 4. The third-order valence-electron chi connectivity index (χ3n) is 2.21. The number of fused-ring (bicyclic) bond motifs is 1. The number of thioether (sulfide) groups is 1. The van der Waals surface area contributed by atoms with E-state index in [-0.39, 0.29) is 23.6 Å². The topological polar surface area (TPSA) is 77.8 Å². The molecular weight excluding hydrogens is 254 g/mol. The van der Waals surface area contributed by atoms with Crippen LogP contribution in [-0.4, -0.2) is 39.0 Å². The summed E-state index contributed by atoms with van der Waals surface area (Å²) in [5.41, 5.74) is 0.203. The minimum absolute atomic E-state index is 0.0635. The molecule has 2 heterocycles. The molecule has 2 aliphatic heterocycles. The van der Waals surface area contributed by atoms with Crippen molar-refractivity contribution in [3.8, 4) is 0 Å². The van der Waals surface area contributed by atoms with Crippen LogP contribution in [-0.2, 0) is 9.59 Å². The lowest BCUT2D eigenvalue weighted by molar-refractivity contribution is -0.145. The fourth-order valence-corrected chi connectivity index (χ4v) is 2.92. The first kappa shape index (κ1) is 17.0. The van der Waals surface area contributed by atoms with E-state index in [1.165, 1.54) is 16.7 Å². The molecule has 0 radical (unpaired) electrons. The predicted molar refractivity (Wildman–Crippen MR) is 71.9 cm³/mol. The number of nitrogens with zero attached hydrogens (tertiary/aromatic N) is 1. The summed E-state index contributed by atoms with van der Waals surface area (Å²) in [4.78, 5) is 24.2. The molecule has 18 heavy (non-hydrogen) atoms. The Morgan fingerprint density at radius 2 is 1.94 bits per heavy atom. The summed E-state index contributed by atoms with van der Waals surface area (Å²) in [5, 5.41) is 16.5. The van der Waals surface area contributed by atoms with Gasteiger partial charge in [0, 0.05) is 11.5 Å². The minimum atomic E-state index is -0.986. The van der Waals surface area contributed by atoms with Gasteiger partial charge < -0.3 is 10.2 Å². The van der Waals surface area contributed by atoms with Crippen molar-refractivity contribution in [2.45, 2.75) is 45.9 Å². The highest BCUT2D eigenvalue weighted by Crippen LogP contribution is 2.46. The van der Waals surface area contributed by atoms with Crippen molar-refractivity contribution in [1.82, 2.24) is 4.90 Å². The Balaban J connectivity index is 0.000000509. The van der Waals surface area contributed by atoms with Gasteiger partial charge in [0.15, 0.2) is 0 Å². The van der Waals surface area contributed by atoms with Gasteiger partial charge in [-0.05, 0) is 13.3 Å². The number of allylic oxidation sites excluding steroid dienone is 1. The zero-order valence-electron chi connectivity index (χ0n) is 11.3. The van der Waals surface area contributed by atoms with Crippen molar-refractivity contribution in [2.24, 2.45) is 0 Å². The molecule has 0 bridgehead atoms. The van der Waals surface area contributed by atoms with Gasteiger partial charge in [0.05, 0.1) is 11.8 Å². The lowest BCUT2D eigenvalue weighted by Crippen LogP contribution is -2.48. The van der Waals surface area contributed by atoms with E-state index in [0.717, 1.165) is 4.91 Å². The van der Waals surface area contributed by atoms with E-state index in [1.54, 1.807) is 6.92 Å². The Labute approximate surface area is 112 Å². The Hall–Kier alpha value is -1.01. The molecule has 0 aromatic carbocycles. The number of carbonyl (C=O) groups excluding carboxylic acids is 1. The molecule has 0 aromatic rings. The summed E-state index contributed by atoms with van der Waals surface area (Å²) >= 11 is 1.50. The van der Waals surface area contributed by atoms with Gasteiger partial charge in [0.1, 0.15) is 5.70 Å². The number of aliphatic hydroxyl groups is 1. The second-order valence-electron chi connectivity index (χ2n) is 3.29. The molecule has 1 fully saturated rings. The van der Waals surface area contributed by atoms with Crippen LogP contribution in [0.25, 0.3) is 0 Å². The summed E-state index contributed by atoms with van der Waals surface area (Å²) in [6, 6.07) is 0. The average molecular weight is 275 g/mol. The van der Waals surface area contributed by atoms with Crippen LogP contribution in [0.1, 0.15) is 40.5 Å². The van der Waals surface area contributed by atoms with Gasteiger partial charge in [-0.1, -0.05) is 20.8 Å². The number of aliphatic carboxylic acids is 1. The maximum Gasteiger partial charge on any atom is 0.353 e. The van der Waals surface area contributed by atoms with E-state index in [4.69, 9.17) is 10.2 Å². The molecule has 104 valence electrons. The maximum atomic E-state index is 11.1. The lowest BCUT2D eigenvalue weighted by Gasteiger charge is -2.33. The molecule has 1 atom stereocenters. The van der Waals surface area contributed by atoms with Crippen molar-refractivity contribution in [2.75, 3.05) is 6.61 Å². The second kappa shape index (κ2) is 8.16. The zero-order chi connectivity index (χ0) is 14.3. The molecule has 0 aromatic heterocycles. The Bertz CT molecular complexity index is 341. The monoisotopic (exact) mass is 275 g/mol. The molecule has 6 heteroatoms. The third-order valence-corrected chi connectivity index (χ3v) is 3.63. The summed E-state index contributed by atoms with van der Waals surface area (Å²) in [5.74, 6) is -1.06. The molecule has 1 saturated heterocycles. The largest absolute Gasteiger partial charge is 0.477 e. The van der Waals surface area contributed by atoms with Gasteiger partial charge in [0.2, 0.25) is 5.91 Å². The van der Waals surface area contributed by atoms with Crippen LogP contribution in [0.4, 0.5) is 0 Å². The lowest BCUT2D eigenvalue weighted by atomic mass is 10.1. The van der Waals surface area contributed by atoms with Gasteiger partial charge in [0.25, 0.3) is 0 Å². The Kier molecular flexibility index (Phi) is 7.70. The molecule has 2 rings (SSSR count). The van der Waals surface area contributed by atoms with Crippen LogP contribution >= 0.6 is 11.8 Å². The maximum absolute atomic E-state index is 11.1. The van der Waals surface area contributed by atoms with Gasteiger partial charge in [-0.2, -0.15) is 0 Å². The molecule has 5 nitrogen and oxygen atoms in total. The minimum Gasteiger partial charge on any atom is -0.477 e. The average Bonchev–Trinajstić information content (AvgIpc) is 2.65. The number of amides is 1. The van der Waals surface area contributed by atoms with Gasteiger partial charge in [-0.25, -0.2) is 4.79 Å². The van der Waals surface area contributed by atoms with Crippen molar-refractivity contribution >= 4 is 23.6 Å². The third kappa shape index (κ3) is 3.49. The summed E-state index contributed by atoms with van der Waals surface area (Å²) in [6.07, 6.45) is 1.16. The molecule has 1 unspecified atom stereocenters. The number of carboxylic acids is 1. The number of rotatable bonds is 2. The molecule has 0 spiro atoms. The Morgan fingerprint density at radius 3 is 2.28 bits per heavy atom.